The van der Waals surface area contributed by atoms with E-state index in [0.717, 1.165) is 24.0 Å². The van der Waals surface area contributed by atoms with Crippen molar-refractivity contribution >= 4 is 17.7 Å². The van der Waals surface area contributed by atoms with Crippen LogP contribution in [0.2, 0.25) is 0 Å². The van der Waals surface area contributed by atoms with Gasteiger partial charge in [0.1, 0.15) is 0 Å². The summed E-state index contributed by atoms with van der Waals surface area (Å²) >= 11 is 0. The SMILES string of the molecule is Cc1ccc(C(=O)N2CCN(C(=O)C(=O)N3CCCC3)CC2)cc1C. The van der Waals surface area contributed by atoms with E-state index in [1.54, 1.807) is 14.7 Å². The zero-order chi connectivity index (χ0) is 18.0. The van der Waals surface area contributed by atoms with Crippen molar-refractivity contribution in [3.8, 4) is 0 Å². The van der Waals surface area contributed by atoms with Crippen LogP contribution in [0.15, 0.2) is 18.2 Å². The lowest BCUT2D eigenvalue weighted by Gasteiger charge is -2.35. The zero-order valence-electron chi connectivity index (χ0n) is 15.0. The minimum absolute atomic E-state index is 0.0129. The number of piperazine rings is 1. The van der Waals surface area contributed by atoms with Gasteiger partial charge in [-0.05, 0) is 49.9 Å². The molecule has 6 heteroatoms. The van der Waals surface area contributed by atoms with Gasteiger partial charge in [0.05, 0.1) is 0 Å². The number of carbonyl (C=O) groups excluding carboxylic acids is 3. The van der Waals surface area contributed by atoms with Crippen LogP contribution in [0.25, 0.3) is 0 Å². The normalized spacial score (nSPS) is 17.8. The number of rotatable bonds is 1. The molecule has 2 saturated heterocycles. The van der Waals surface area contributed by atoms with Crippen LogP contribution in [-0.2, 0) is 9.59 Å². The van der Waals surface area contributed by atoms with Gasteiger partial charge in [-0.3, -0.25) is 14.4 Å². The van der Waals surface area contributed by atoms with Gasteiger partial charge in [0.15, 0.2) is 0 Å². The third-order valence-corrected chi connectivity index (χ3v) is 5.18. The van der Waals surface area contributed by atoms with Gasteiger partial charge >= 0.3 is 11.8 Å². The smallest absolute Gasteiger partial charge is 0.312 e. The van der Waals surface area contributed by atoms with Crippen LogP contribution >= 0.6 is 0 Å². The van der Waals surface area contributed by atoms with E-state index in [1.807, 2.05) is 32.0 Å². The molecule has 6 nitrogen and oxygen atoms in total. The molecule has 3 rings (SSSR count). The van der Waals surface area contributed by atoms with E-state index < -0.39 is 11.8 Å². The molecule has 0 unspecified atom stereocenters. The third kappa shape index (κ3) is 3.67. The molecule has 2 heterocycles. The van der Waals surface area contributed by atoms with Gasteiger partial charge in [-0.2, -0.15) is 0 Å². The molecule has 0 N–H and O–H groups in total. The van der Waals surface area contributed by atoms with Crippen molar-refractivity contribution in [2.24, 2.45) is 0 Å². The molecule has 2 aliphatic rings. The number of aryl methyl sites for hydroxylation is 2. The summed E-state index contributed by atoms with van der Waals surface area (Å²) < 4.78 is 0. The molecule has 134 valence electrons. The van der Waals surface area contributed by atoms with Crippen molar-refractivity contribution in [3.63, 3.8) is 0 Å². The number of amides is 3. The van der Waals surface area contributed by atoms with Crippen molar-refractivity contribution in [2.75, 3.05) is 39.3 Å². The number of hydrogen-bond donors (Lipinski definition) is 0. The van der Waals surface area contributed by atoms with Crippen LogP contribution in [0.3, 0.4) is 0 Å². The van der Waals surface area contributed by atoms with Crippen LogP contribution in [0.1, 0.15) is 34.3 Å². The molecule has 0 bridgehead atoms. The summed E-state index contributed by atoms with van der Waals surface area (Å²) in [7, 11) is 0. The Morgan fingerprint density at radius 1 is 0.720 bits per heavy atom. The van der Waals surface area contributed by atoms with Crippen LogP contribution < -0.4 is 0 Å². The fraction of sp³-hybridized carbons (Fsp3) is 0.526. The standard InChI is InChI=1S/C19H25N3O3/c1-14-5-6-16(13-15(14)2)17(23)21-9-11-22(12-10-21)19(25)18(24)20-7-3-4-8-20/h5-6,13H,3-4,7-12H2,1-2H3. The van der Waals surface area contributed by atoms with Crippen molar-refractivity contribution in [1.29, 1.82) is 0 Å². The Hall–Kier alpha value is -2.37. The Morgan fingerprint density at radius 3 is 1.80 bits per heavy atom. The molecule has 1 aromatic carbocycles. The van der Waals surface area contributed by atoms with E-state index in [1.165, 1.54) is 0 Å². The highest BCUT2D eigenvalue weighted by molar-refractivity contribution is 6.35. The maximum Gasteiger partial charge on any atom is 0.312 e. The average Bonchev–Trinajstić information content (AvgIpc) is 3.17. The highest BCUT2D eigenvalue weighted by Gasteiger charge is 2.31. The van der Waals surface area contributed by atoms with Crippen molar-refractivity contribution in [2.45, 2.75) is 26.7 Å². The largest absolute Gasteiger partial charge is 0.335 e. The molecule has 0 aromatic heterocycles. The second-order valence-corrected chi connectivity index (χ2v) is 6.88. The molecule has 0 atom stereocenters. The molecular weight excluding hydrogens is 318 g/mol. The Bertz CT molecular complexity index is 687. The van der Waals surface area contributed by atoms with E-state index in [2.05, 4.69) is 0 Å². The highest BCUT2D eigenvalue weighted by Crippen LogP contribution is 2.15. The third-order valence-electron chi connectivity index (χ3n) is 5.18. The first kappa shape index (κ1) is 17.5. The van der Waals surface area contributed by atoms with Crippen LogP contribution in [0.4, 0.5) is 0 Å². The van der Waals surface area contributed by atoms with Crippen LogP contribution in [0.5, 0.6) is 0 Å². The topological polar surface area (TPSA) is 60.9 Å². The molecular formula is C19H25N3O3. The van der Waals surface area contributed by atoms with E-state index in [-0.39, 0.29) is 5.91 Å². The lowest BCUT2D eigenvalue weighted by atomic mass is 10.1. The summed E-state index contributed by atoms with van der Waals surface area (Å²) in [6.07, 6.45) is 1.94. The van der Waals surface area contributed by atoms with Gasteiger partial charge in [0.2, 0.25) is 0 Å². The molecule has 25 heavy (non-hydrogen) atoms. The van der Waals surface area contributed by atoms with E-state index in [4.69, 9.17) is 0 Å². The Balaban J connectivity index is 1.57. The summed E-state index contributed by atoms with van der Waals surface area (Å²) in [4.78, 5) is 42.1. The number of hydrogen-bond acceptors (Lipinski definition) is 3. The maximum absolute atomic E-state index is 12.6. The first-order valence-corrected chi connectivity index (χ1v) is 8.92. The first-order valence-electron chi connectivity index (χ1n) is 8.92. The summed E-state index contributed by atoms with van der Waals surface area (Å²) in [5, 5.41) is 0. The second kappa shape index (κ2) is 7.25. The highest BCUT2D eigenvalue weighted by atomic mass is 16.2. The molecule has 2 aliphatic heterocycles. The summed E-state index contributed by atoms with van der Waals surface area (Å²) in [5.74, 6) is -0.840. The first-order chi connectivity index (χ1) is 12.0. The average molecular weight is 343 g/mol. The predicted molar refractivity (Wildman–Crippen MR) is 94.2 cm³/mol. The fourth-order valence-corrected chi connectivity index (χ4v) is 3.36. The monoisotopic (exact) mass is 343 g/mol. The van der Waals surface area contributed by atoms with Crippen molar-refractivity contribution in [3.05, 3.63) is 34.9 Å². The van der Waals surface area contributed by atoms with Crippen molar-refractivity contribution in [1.82, 2.24) is 14.7 Å². The van der Waals surface area contributed by atoms with Crippen molar-refractivity contribution < 1.29 is 14.4 Å². The molecule has 2 fully saturated rings. The lowest BCUT2D eigenvalue weighted by Crippen LogP contribution is -2.54. The summed E-state index contributed by atoms with van der Waals surface area (Å²) in [5.41, 5.74) is 2.93. The molecule has 0 radical (unpaired) electrons. The molecule has 1 aromatic rings. The zero-order valence-corrected chi connectivity index (χ0v) is 15.0. The van der Waals surface area contributed by atoms with Gasteiger partial charge in [-0.15, -0.1) is 0 Å². The quantitative estimate of drug-likeness (QED) is 0.720. The van der Waals surface area contributed by atoms with Crippen LogP contribution in [-0.4, -0.2) is 71.7 Å². The minimum atomic E-state index is -0.430. The molecule has 0 aliphatic carbocycles. The Labute approximate surface area is 148 Å². The molecule has 3 amide bonds. The number of likely N-dealkylation sites (tertiary alicyclic amines) is 1. The predicted octanol–water partition coefficient (Wildman–Crippen LogP) is 1.21. The van der Waals surface area contributed by atoms with Gasteiger partial charge < -0.3 is 14.7 Å². The fourth-order valence-electron chi connectivity index (χ4n) is 3.36. The number of carbonyl (C=O) groups is 3. The summed E-state index contributed by atoms with van der Waals surface area (Å²) in [6.45, 7) is 7.11. The van der Waals surface area contributed by atoms with Gasteiger partial charge in [-0.1, -0.05) is 6.07 Å². The second-order valence-electron chi connectivity index (χ2n) is 6.88. The number of nitrogens with zero attached hydrogens (tertiary/aromatic N) is 3. The van der Waals surface area contributed by atoms with E-state index in [9.17, 15) is 14.4 Å². The maximum atomic E-state index is 12.6. The van der Waals surface area contributed by atoms with E-state index in [0.29, 0.717) is 44.8 Å². The Kier molecular flexibility index (Phi) is 5.06. The van der Waals surface area contributed by atoms with Crippen LogP contribution in [0, 0.1) is 13.8 Å². The molecule has 0 saturated carbocycles. The van der Waals surface area contributed by atoms with Gasteiger partial charge in [0, 0.05) is 44.8 Å². The Morgan fingerprint density at radius 2 is 1.24 bits per heavy atom. The lowest BCUT2D eigenvalue weighted by molar-refractivity contribution is -0.152. The summed E-state index contributed by atoms with van der Waals surface area (Å²) in [6, 6.07) is 5.71. The van der Waals surface area contributed by atoms with Gasteiger partial charge in [-0.25, -0.2) is 0 Å². The number of benzene rings is 1. The minimum Gasteiger partial charge on any atom is -0.335 e. The van der Waals surface area contributed by atoms with Gasteiger partial charge in [0.25, 0.3) is 5.91 Å². The molecule has 0 spiro atoms. The van der Waals surface area contributed by atoms with E-state index >= 15 is 0 Å².